The second-order valence-corrected chi connectivity index (χ2v) is 5.19. The zero-order chi connectivity index (χ0) is 16.5. The minimum atomic E-state index is 0.454. The molecule has 23 heavy (non-hydrogen) atoms. The number of benzene rings is 1. The molecule has 0 fully saturated rings. The van der Waals surface area contributed by atoms with Crippen molar-refractivity contribution in [2.45, 2.75) is 13.0 Å². The van der Waals surface area contributed by atoms with Crippen molar-refractivity contribution in [1.29, 1.82) is 5.26 Å². The zero-order valence-electron chi connectivity index (χ0n) is 13.4. The van der Waals surface area contributed by atoms with Crippen molar-refractivity contribution in [2.24, 2.45) is 4.99 Å². The predicted octanol–water partition coefficient (Wildman–Crippen LogP) is 1.88. The molecule has 2 N–H and O–H groups in total. The van der Waals surface area contributed by atoms with Crippen LogP contribution in [-0.4, -0.2) is 36.2 Å². The number of aliphatic imine (C=N–C) groups is 1. The van der Waals surface area contributed by atoms with Gasteiger partial charge in [-0.2, -0.15) is 5.26 Å². The van der Waals surface area contributed by atoms with E-state index in [1.54, 1.807) is 12.5 Å². The number of anilines is 2. The molecule has 0 atom stereocenters. The third-order valence-corrected chi connectivity index (χ3v) is 3.22. The number of aromatic nitrogens is 2. The first kappa shape index (κ1) is 16.4. The lowest BCUT2D eigenvalue weighted by molar-refractivity contribution is 0.650. The third-order valence-electron chi connectivity index (χ3n) is 3.22. The number of hydrogen-bond acceptors (Lipinski definition) is 4. The van der Waals surface area contributed by atoms with Crippen LogP contribution >= 0.6 is 0 Å². The summed E-state index contributed by atoms with van der Waals surface area (Å²) in [6.45, 7) is 1.46. The molecule has 0 saturated carbocycles. The lowest BCUT2D eigenvalue weighted by atomic mass is 10.2. The average molecular weight is 311 g/mol. The first-order chi connectivity index (χ1) is 11.2. The van der Waals surface area contributed by atoms with Crippen LogP contribution in [0.1, 0.15) is 6.42 Å². The summed E-state index contributed by atoms with van der Waals surface area (Å²) in [7, 11) is 3.99. The maximum atomic E-state index is 8.84. The molecule has 2 rings (SSSR count). The van der Waals surface area contributed by atoms with E-state index >= 15 is 0 Å². The van der Waals surface area contributed by atoms with Crippen LogP contribution < -0.4 is 15.5 Å². The van der Waals surface area contributed by atoms with Crippen LogP contribution in [0.4, 0.5) is 11.4 Å². The van der Waals surface area contributed by atoms with Crippen LogP contribution in [0.5, 0.6) is 0 Å². The van der Waals surface area contributed by atoms with Gasteiger partial charge in [0, 0.05) is 51.0 Å². The number of hydrogen-bond donors (Lipinski definition) is 2. The summed E-state index contributed by atoms with van der Waals surface area (Å²) < 4.78 is 2.00. The molecule has 0 unspecified atom stereocenters. The normalized spacial score (nSPS) is 10.9. The summed E-state index contributed by atoms with van der Waals surface area (Å²) in [5.74, 6) is 0.454. The number of rotatable bonds is 6. The molecule has 0 aliphatic rings. The van der Waals surface area contributed by atoms with Crippen molar-refractivity contribution in [3.05, 3.63) is 43.0 Å². The molecule has 0 saturated heterocycles. The Hall–Kier alpha value is -3.01. The molecule has 1 heterocycles. The molecular weight excluding hydrogens is 290 g/mol. The molecule has 2 aromatic rings. The topological polar surface area (TPSA) is 81.3 Å². The van der Waals surface area contributed by atoms with Crippen LogP contribution in [0.15, 0.2) is 48.0 Å². The molecule has 1 aromatic heterocycles. The van der Waals surface area contributed by atoms with Crippen molar-refractivity contribution >= 4 is 17.3 Å². The summed E-state index contributed by atoms with van der Waals surface area (Å²) in [4.78, 5) is 10.4. The van der Waals surface area contributed by atoms with Gasteiger partial charge in [0.05, 0.1) is 6.33 Å². The van der Waals surface area contributed by atoms with Gasteiger partial charge in [0.25, 0.3) is 0 Å². The first-order valence-corrected chi connectivity index (χ1v) is 7.39. The number of aryl methyl sites for hydroxylation is 1. The highest BCUT2D eigenvalue weighted by Crippen LogP contribution is 2.15. The largest absolute Gasteiger partial charge is 0.378 e. The summed E-state index contributed by atoms with van der Waals surface area (Å²) in [6.07, 6.45) is 8.23. The van der Waals surface area contributed by atoms with Crippen molar-refractivity contribution in [3.8, 4) is 6.19 Å². The molecule has 120 valence electrons. The monoisotopic (exact) mass is 311 g/mol. The van der Waals surface area contributed by atoms with Gasteiger partial charge < -0.3 is 14.8 Å². The fourth-order valence-corrected chi connectivity index (χ4v) is 2.01. The Labute approximate surface area is 136 Å². The van der Waals surface area contributed by atoms with Gasteiger partial charge >= 0.3 is 0 Å². The quantitative estimate of drug-likeness (QED) is 0.280. The van der Waals surface area contributed by atoms with Gasteiger partial charge in [-0.15, -0.1) is 0 Å². The van der Waals surface area contributed by atoms with E-state index in [-0.39, 0.29) is 0 Å². The van der Waals surface area contributed by atoms with E-state index < -0.39 is 0 Å². The van der Waals surface area contributed by atoms with Crippen molar-refractivity contribution in [3.63, 3.8) is 0 Å². The van der Waals surface area contributed by atoms with Crippen LogP contribution in [-0.2, 0) is 6.54 Å². The summed E-state index contributed by atoms with van der Waals surface area (Å²) in [6, 6.07) is 7.92. The molecule has 0 aliphatic carbocycles. The molecule has 7 nitrogen and oxygen atoms in total. The molecule has 0 amide bonds. The molecule has 0 spiro atoms. The van der Waals surface area contributed by atoms with Crippen molar-refractivity contribution in [2.75, 3.05) is 30.9 Å². The molecule has 1 aromatic carbocycles. The SMILES string of the molecule is CN(C)c1ccc(NC(=NCCCn2ccnc2)NC#N)cc1. The van der Waals surface area contributed by atoms with Gasteiger partial charge in [-0.1, -0.05) is 0 Å². The van der Waals surface area contributed by atoms with Crippen molar-refractivity contribution < 1.29 is 0 Å². The maximum absolute atomic E-state index is 8.84. The van der Waals surface area contributed by atoms with Crippen LogP contribution in [0.25, 0.3) is 0 Å². The average Bonchev–Trinajstić information content (AvgIpc) is 3.05. The second-order valence-electron chi connectivity index (χ2n) is 5.19. The van der Waals surface area contributed by atoms with Gasteiger partial charge in [-0.3, -0.25) is 10.3 Å². The number of nitriles is 1. The minimum absolute atomic E-state index is 0.454. The van der Waals surface area contributed by atoms with E-state index in [0.29, 0.717) is 12.5 Å². The third kappa shape index (κ3) is 5.36. The Morgan fingerprint density at radius 2 is 2.13 bits per heavy atom. The van der Waals surface area contributed by atoms with Crippen LogP contribution in [0, 0.1) is 11.5 Å². The van der Waals surface area contributed by atoms with Crippen LogP contribution in [0.2, 0.25) is 0 Å². The first-order valence-electron chi connectivity index (χ1n) is 7.39. The molecule has 0 bridgehead atoms. The van der Waals surface area contributed by atoms with Gasteiger partial charge in [-0.25, -0.2) is 4.98 Å². The highest BCUT2D eigenvalue weighted by Gasteiger charge is 2.00. The Balaban J connectivity index is 1.89. The number of imidazole rings is 1. The molecule has 7 heteroatoms. The predicted molar refractivity (Wildman–Crippen MR) is 92.3 cm³/mol. The lowest BCUT2D eigenvalue weighted by Crippen LogP contribution is -2.27. The zero-order valence-corrected chi connectivity index (χ0v) is 13.4. The van der Waals surface area contributed by atoms with E-state index in [4.69, 9.17) is 5.26 Å². The van der Waals surface area contributed by atoms with Crippen LogP contribution in [0.3, 0.4) is 0 Å². The highest BCUT2D eigenvalue weighted by atomic mass is 15.2. The fraction of sp³-hybridized carbons (Fsp3) is 0.312. The maximum Gasteiger partial charge on any atom is 0.209 e. The summed E-state index contributed by atoms with van der Waals surface area (Å²) >= 11 is 0. The molecule has 0 aliphatic heterocycles. The van der Waals surface area contributed by atoms with Gasteiger partial charge in [0.2, 0.25) is 5.96 Å². The van der Waals surface area contributed by atoms with E-state index in [0.717, 1.165) is 24.3 Å². The highest BCUT2D eigenvalue weighted by molar-refractivity contribution is 5.94. The van der Waals surface area contributed by atoms with Crippen molar-refractivity contribution in [1.82, 2.24) is 14.9 Å². The van der Waals surface area contributed by atoms with Gasteiger partial charge in [0.15, 0.2) is 6.19 Å². The van der Waals surface area contributed by atoms with E-state index in [1.165, 1.54) is 0 Å². The summed E-state index contributed by atoms with van der Waals surface area (Å²) in [5, 5.41) is 14.5. The van der Waals surface area contributed by atoms with Gasteiger partial charge in [0.1, 0.15) is 0 Å². The molecular formula is C16H21N7. The lowest BCUT2D eigenvalue weighted by Gasteiger charge is -2.13. The minimum Gasteiger partial charge on any atom is -0.378 e. The summed E-state index contributed by atoms with van der Waals surface area (Å²) in [5.41, 5.74) is 1.99. The fourth-order valence-electron chi connectivity index (χ4n) is 2.01. The Kier molecular flexibility index (Phi) is 6.00. The van der Waals surface area contributed by atoms with Gasteiger partial charge in [-0.05, 0) is 30.7 Å². The number of nitrogens with zero attached hydrogens (tertiary/aromatic N) is 5. The van der Waals surface area contributed by atoms with E-state index in [1.807, 2.05) is 60.2 Å². The standard InChI is InChI=1S/C16H21N7/c1-22(2)15-6-4-14(5-7-15)21-16(20-12-17)19-8-3-10-23-11-9-18-13-23/h4-7,9,11,13H,3,8,10H2,1-2H3,(H2,19,20,21). The molecule has 0 radical (unpaired) electrons. The van der Waals surface area contributed by atoms with E-state index in [9.17, 15) is 0 Å². The Bertz CT molecular complexity index is 651. The Morgan fingerprint density at radius 1 is 1.35 bits per heavy atom. The Morgan fingerprint density at radius 3 is 2.74 bits per heavy atom. The number of guanidine groups is 1. The number of nitrogens with one attached hydrogen (secondary N) is 2. The smallest absolute Gasteiger partial charge is 0.209 e. The van der Waals surface area contributed by atoms with E-state index in [2.05, 4.69) is 20.6 Å². The second kappa shape index (κ2) is 8.44.